The highest BCUT2D eigenvalue weighted by atomic mass is 32.1. The van der Waals surface area contributed by atoms with Crippen LogP contribution in [0.25, 0.3) is 20.9 Å². The molecule has 148 valence electrons. The summed E-state index contributed by atoms with van der Waals surface area (Å²) < 4.78 is 13.4. The van der Waals surface area contributed by atoms with Crippen molar-refractivity contribution < 1.29 is 9.15 Å². The van der Waals surface area contributed by atoms with Gasteiger partial charge in [-0.3, -0.25) is 0 Å². The summed E-state index contributed by atoms with van der Waals surface area (Å²) >= 11 is 3.33. The molecule has 3 aromatic heterocycles. The van der Waals surface area contributed by atoms with Crippen molar-refractivity contribution in [3.63, 3.8) is 0 Å². The van der Waals surface area contributed by atoms with Crippen LogP contribution in [0, 0.1) is 0 Å². The third kappa shape index (κ3) is 2.86. The van der Waals surface area contributed by atoms with Crippen LogP contribution in [0.15, 0.2) is 76.0 Å². The molecule has 0 aliphatic carbocycles. The number of thiophene rings is 1. The topological polar surface area (TPSA) is 41.7 Å². The number of thiazole rings is 1. The molecule has 0 fully saturated rings. The molecule has 0 amide bonds. The van der Waals surface area contributed by atoms with Gasteiger partial charge in [0.05, 0.1) is 11.4 Å². The largest absolute Gasteiger partial charge is 0.457 e. The van der Waals surface area contributed by atoms with Crippen LogP contribution >= 0.6 is 22.7 Å². The third-order valence-electron chi connectivity index (χ3n) is 5.10. The quantitative estimate of drug-likeness (QED) is 0.308. The standard InChI is InChI=1S/C23H17N3O2S2/c1-25-14-26(20-21-19(8-10-29-21)28-23(20)25)16-5-3-7-18(13-16)27-17-6-2-4-15(12-17)22-24-9-11-30-22/h2-13H,14H2,1H3. The zero-order valence-corrected chi connectivity index (χ0v) is 17.7. The summed E-state index contributed by atoms with van der Waals surface area (Å²) in [6, 6.07) is 18.3. The Morgan fingerprint density at radius 1 is 1.00 bits per heavy atom. The minimum absolute atomic E-state index is 0.741. The molecule has 0 atom stereocenters. The van der Waals surface area contributed by atoms with Crippen LogP contribution in [-0.2, 0) is 0 Å². The van der Waals surface area contributed by atoms with E-state index in [9.17, 15) is 0 Å². The van der Waals surface area contributed by atoms with Gasteiger partial charge in [0, 0.05) is 35.9 Å². The van der Waals surface area contributed by atoms with Crippen LogP contribution in [0.3, 0.4) is 0 Å². The number of nitrogens with zero attached hydrogens (tertiary/aromatic N) is 3. The van der Waals surface area contributed by atoms with Gasteiger partial charge < -0.3 is 19.0 Å². The Hall–Kier alpha value is -3.29. The average Bonchev–Trinajstić information content (AvgIpc) is 3.53. The third-order valence-corrected chi connectivity index (χ3v) is 6.83. The van der Waals surface area contributed by atoms with Crippen molar-refractivity contribution in [2.75, 3.05) is 23.5 Å². The van der Waals surface area contributed by atoms with Gasteiger partial charge in [-0.05, 0) is 35.7 Å². The van der Waals surface area contributed by atoms with E-state index in [0.717, 1.165) is 51.6 Å². The molecular formula is C23H17N3O2S2. The van der Waals surface area contributed by atoms with Crippen molar-refractivity contribution in [3.05, 3.63) is 71.6 Å². The second-order valence-electron chi connectivity index (χ2n) is 7.10. The second kappa shape index (κ2) is 6.90. The molecule has 0 N–H and O–H groups in total. The molecule has 6 rings (SSSR count). The van der Waals surface area contributed by atoms with E-state index in [-0.39, 0.29) is 0 Å². The fourth-order valence-electron chi connectivity index (χ4n) is 3.76. The fourth-order valence-corrected chi connectivity index (χ4v) is 5.26. The Bertz CT molecular complexity index is 1340. The normalized spacial score (nSPS) is 13.2. The van der Waals surface area contributed by atoms with Gasteiger partial charge in [0.25, 0.3) is 0 Å². The summed E-state index contributed by atoms with van der Waals surface area (Å²) in [6.07, 6.45) is 1.82. The van der Waals surface area contributed by atoms with Crippen LogP contribution in [-0.4, -0.2) is 18.7 Å². The van der Waals surface area contributed by atoms with Crippen LogP contribution in [0.1, 0.15) is 0 Å². The van der Waals surface area contributed by atoms with Crippen molar-refractivity contribution >= 4 is 50.2 Å². The first-order valence-electron chi connectivity index (χ1n) is 9.53. The van der Waals surface area contributed by atoms with E-state index in [1.807, 2.05) is 48.0 Å². The summed E-state index contributed by atoms with van der Waals surface area (Å²) in [4.78, 5) is 8.79. The van der Waals surface area contributed by atoms with Crippen LogP contribution in [0.4, 0.5) is 17.3 Å². The van der Waals surface area contributed by atoms with Gasteiger partial charge in [0.2, 0.25) is 5.88 Å². The number of anilines is 3. The monoisotopic (exact) mass is 431 g/mol. The van der Waals surface area contributed by atoms with Crippen LogP contribution in [0.5, 0.6) is 11.5 Å². The highest BCUT2D eigenvalue weighted by Crippen LogP contribution is 2.49. The summed E-state index contributed by atoms with van der Waals surface area (Å²) in [6.45, 7) is 0.741. The number of hydrogen-bond acceptors (Lipinski definition) is 7. The van der Waals surface area contributed by atoms with Gasteiger partial charge in [0.15, 0.2) is 0 Å². The summed E-state index contributed by atoms with van der Waals surface area (Å²) in [7, 11) is 2.05. The molecule has 0 spiro atoms. The molecule has 1 aliphatic rings. The molecule has 1 aliphatic heterocycles. The molecular weight excluding hydrogens is 414 g/mol. The van der Waals surface area contributed by atoms with E-state index < -0.39 is 0 Å². The number of benzene rings is 2. The predicted octanol–water partition coefficient (Wildman–Crippen LogP) is 6.96. The van der Waals surface area contributed by atoms with E-state index in [4.69, 9.17) is 9.15 Å². The molecule has 7 heteroatoms. The zero-order chi connectivity index (χ0) is 20.1. The lowest BCUT2D eigenvalue weighted by molar-refractivity contribution is 0.483. The highest BCUT2D eigenvalue weighted by molar-refractivity contribution is 7.17. The molecule has 2 aromatic carbocycles. The number of aromatic nitrogens is 1. The Morgan fingerprint density at radius 3 is 2.73 bits per heavy atom. The smallest absolute Gasteiger partial charge is 0.222 e. The Kier molecular flexibility index (Phi) is 4.04. The van der Waals surface area contributed by atoms with Crippen molar-refractivity contribution in [2.45, 2.75) is 0 Å². The number of fused-ring (bicyclic) bond motifs is 3. The average molecular weight is 432 g/mol. The Balaban J connectivity index is 1.33. The lowest BCUT2D eigenvalue weighted by Crippen LogP contribution is -2.24. The zero-order valence-electron chi connectivity index (χ0n) is 16.1. The number of ether oxygens (including phenoxy) is 1. The maximum absolute atomic E-state index is 6.20. The highest BCUT2D eigenvalue weighted by Gasteiger charge is 2.32. The Morgan fingerprint density at radius 2 is 1.87 bits per heavy atom. The van der Waals surface area contributed by atoms with E-state index in [1.54, 1.807) is 22.7 Å². The van der Waals surface area contributed by atoms with Gasteiger partial charge in [-0.2, -0.15) is 0 Å². The van der Waals surface area contributed by atoms with Crippen molar-refractivity contribution in [1.82, 2.24) is 4.98 Å². The van der Waals surface area contributed by atoms with Gasteiger partial charge in [-0.1, -0.05) is 18.2 Å². The molecule has 30 heavy (non-hydrogen) atoms. The molecule has 5 aromatic rings. The minimum atomic E-state index is 0.741. The van der Waals surface area contributed by atoms with Crippen LogP contribution < -0.4 is 14.5 Å². The molecule has 5 nitrogen and oxygen atoms in total. The van der Waals surface area contributed by atoms with Gasteiger partial charge in [-0.15, -0.1) is 22.7 Å². The van der Waals surface area contributed by atoms with E-state index in [2.05, 4.69) is 45.4 Å². The van der Waals surface area contributed by atoms with Crippen LogP contribution in [0.2, 0.25) is 0 Å². The first-order chi connectivity index (χ1) is 14.8. The van der Waals surface area contributed by atoms with E-state index in [0.29, 0.717) is 0 Å². The number of rotatable bonds is 4. The van der Waals surface area contributed by atoms with Gasteiger partial charge in [-0.25, -0.2) is 4.98 Å². The second-order valence-corrected chi connectivity index (χ2v) is 8.91. The molecule has 4 heterocycles. The predicted molar refractivity (Wildman–Crippen MR) is 124 cm³/mol. The molecule has 0 radical (unpaired) electrons. The lowest BCUT2D eigenvalue weighted by atomic mass is 10.2. The summed E-state index contributed by atoms with van der Waals surface area (Å²) in [5.41, 5.74) is 4.20. The summed E-state index contributed by atoms with van der Waals surface area (Å²) in [5, 5.41) is 5.04. The van der Waals surface area contributed by atoms with Gasteiger partial charge in [0.1, 0.15) is 27.8 Å². The fraction of sp³-hybridized carbons (Fsp3) is 0.0870. The lowest BCUT2D eigenvalue weighted by Gasteiger charge is -2.20. The van der Waals surface area contributed by atoms with E-state index >= 15 is 0 Å². The molecule has 0 saturated heterocycles. The number of furan rings is 1. The molecule has 0 bridgehead atoms. The van der Waals surface area contributed by atoms with Gasteiger partial charge >= 0.3 is 0 Å². The Labute approximate surface area is 181 Å². The van der Waals surface area contributed by atoms with Crippen molar-refractivity contribution in [1.29, 1.82) is 0 Å². The molecule has 0 unspecified atom stereocenters. The summed E-state index contributed by atoms with van der Waals surface area (Å²) in [5.74, 6) is 2.51. The minimum Gasteiger partial charge on any atom is -0.457 e. The molecule has 0 saturated carbocycles. The van der Waals surface area contributed by atoms with E-state index in [1.165, 1.54) is 4.70 Å². The maximum Gasteiger partial charge on any atom is 0.222 e. The van der Waals surface area contributed by atoms with Crippen molar-refractivity contribution in [3.8, 4) is 22.1 Å². The first-order valence-corrected chi connectivity index (χ1v) is 11.3. The maximum atomic E-state index is 6.20. The SMILES string of the molecule is CN1CN(c2cccc(Oc3cccc(-c4nccs4)c3)c2)c2c1oc1ccsc21. The van der Waals surface area contributed by atoms with Crippen molar-refractivity contribution in [2.24, 2.45) is 0 Å². The number of hydrogen-bond donors (Lipinski definition) is 0. The first kappa shape index (κ1) is 17.6.